The van der Waals surface area contributed by atoms with Crippen LogP contribution in [0.2, 0.25) is 0 Å². The Morgan fingerprint density at radius 3 is 2.79 bits per heavy atom. The Bertz CT molecular complexity index is 796. The minimum absolute atomic E-state index is 0.288. The van der Waals surface area contributed by atoms with Gasteiger partial charge in [-0.2, -0.15) is 5.10 Å². The van der Waals surface area contributed by atoms with E-state index in [4.69, 9.17) is 9.47 Å². The zero-order valence-electron chi connectivity index (χ0n) is 17.9. The van der Waals surface area contributed by atoms with E-state index >= 15 is 0 Å². The smallest absolute Gasteiger partial charge is 0.213 e. The van der Waals surface area contributed by atoms with Crippen molar-refractivity contribution in [1.82, 2.24) is 19.7 Å². The summed E-state index contributed by atoms with van der Waals surface area (Å²) in [6.45, 7) is 10.5. The highest BCUT2D eigenvalue weighted by Gasteiger charge is 2.34. The van der Waals surface area contributed by atoms with Crippen LogP contribution in [0, 0.1) is 12.3 Å². The molecule has 2 bridgehead atoms. The summed E-state index contributed by atoms with van der Waals surface area (Å²) < 4.78 is 13.9. The molecule has 0 N–H and O–H groups in total. The first-order chi connectivity index (χ1) is 14.2. The molecule has 6 heteroatoms. The van der Waals surface area contributed by atoms with E-state index in [9.17, 15) is 0 Å². The number of pyridine rings is 1. The van der Waals surface area contributed by atoms with Crippen LogP contribution in [-0.2, 0) is 24.2 Å². The zero-order chi connectivity index (χ0) is 20.1. The van der Waals surface area contributed by atoms with Crippen molar-refractivity contribution < 1.29 is 9.47 Å². The molecule has 0 aliphatic carbocycles. The van der Waals surface area contributed by atoms with Crippen LogP contribution < -0.4 is 4.74 Å². The lowest BCUT2D eigenvalue weighted by Gasteiger charge is -2.42. The number of fused-ring (bicyclic) bond motifs is 2. The van der Waals surface area contributed by atoms with Crippen molar-refractivity contribution in [3.8, 4) is 5.88 Å². The Morgan fingerprint density at radius 2 is 2.00 bits per heavy atom. The van der Waals surface area contributed by atoms with Gasteiger partial charge in [0.15, 0.2) is 0 Å². The van der Waals surface area contributed by atoms with Crippen LogP contribution in [0.15, 0.2) is 24.4 Å². The summed E-state index contributed by atoms with van der Waals surface area (Å²) >= 11 is 0. The third-order valence-electron chi connectivity index (χ3n) is 6.49. The average molecular weight is 399 g/mol. The topological polar surface area (TPSA) is 52.4 Å². The van der Waals surface area contributed by atoms with Crippen molar-refractivity contribution in [2.75, 3.05) is 32.9 Å². The third-order valence-corrected chi connectivity index (χ3v) is 6.49. The number of hydrogen-bond acceptors (Lipinski definition) is 5. The van der Waals surface area contributed by atoms with Gasteiger partial charge < -0.3 is 9.47 Å². The van der Waals surface area contributed by atoms with E-state index in [1.54, 1.807) is 0 Å². The number of rotatable bonds is 3. The molecule has 158 valence electrons. The van der Waals surface area contributed by atoms with Crippen LogP contribution in [0.25, 0.3) is 0 Å². The van der Waals surface area contributed by atoms with Crippen LogP contribution in [0.1, 0.15) is 49.6 Å². The molecule has 6 nitrogen and oxygen atoms in total. The largest absolute Gasteiger partial charge is 0.475 e. The molecule has 0 radical (unpaired) electrons. The summed E-state index contributed by atoms with van der Waals surface area (Å²) in [7, 11) is 0. The molecule has 2 aliphatic rings. The van der Waals surface area contributed by atoms with E-state index in [1.807, 2.05) is 16.8 Å². The molecular weight excluding hydrogens is 364 g/mol. The second-order valence-electron chi connectivity index (χ2n) is 8.59. The second kappa shape index (κ2) is 9.26. The fourth-order valence-electron chi connectivity index (χ4n) is 4.58. The molecule has 0 atom stereocenters. The lowest BCUT2D eigenvalue weighted by Crippen LogP contribution is -2.42. The van der Waals surface area contributed by atoms with Gasteiger partial charge in [0, 0.05) is 36.6 Å². The molecule has 2 aliphatic heterocycles. The summed E-state index contributed by atoms with van der Waals surface area (Å²) in [5.74, 6) is 0.719. The van der Waals surface area contributed by atoms with E-state index in [1.165, 1.54) is 24.8 Å². The fourth-order valence-corrected chi connectivity index (χ4v) is 4.58. The van der Waals surface area contributed by atoms with Gasteiger partial charge in [-0.05, 0) is 70.5 Å². The molecule has 0 saturated carbocycles. The van der Waals surface area contributed by atoms with E-state index < -0.39 is 0 Å². The van der Waals surface area contributed by atoms with Crippen molar-refractivity contribution >= 4 is 0 Å². The molecule has 1 saturated heterocycles. The van der Waals surface area contributed by atoms with Crippen molar-refractivity contribution in [1.29, 1.82) is 0 Å². The lowest BCUT2D eigenvalue weighted by atomic mass is 9.75. The van der Waals surface area contributed by atoms with E-state index in [2.05, 4.69) is 41.1 Å². The molecule has 1 spiro atoms. The average Bonchev–Trinajstić information content (AvgIpc) is 3.09. The molecule has 4 rings (SSSR count). The van der Waals surface area contributed by atoms with Gasteiger partial charge in [-0.1, -0.05) is 6.07 Å². The maximum Gasteiger partial charge on any atom is 0.213 e. The minimum atomic E-state index is 0.288. The third kappa shape index (κ3) is 5.17. The van der Waals surface area contributed by atoms with Gasteiger partial charge in [-0.25, -0.2) is 4.98 Å². The number of ether oxygens (including phenoxy) is 2. The number of aryl methyl sites for hydroxylation is 3. The highest BCUT2D eigenvalue weighted by Crippen LogP contribution is 2.37. The predicted octanol–water partition coefficient (Wildman–Crippen LogP) is 3.62. The second-order valence-corrected chi connectivity index (χ2v) is 8.59. The highest BCUT2D eigenvalue weighted by molar-refractivity contribution is 5.16. The molecule has 2 aromatic rings. The first-order valence-electron chi connectivity index (χ1n) is 11.1. The predicted molar refractivity (Wildman–Crippen MR) is 113 cm³/mol. The minimum Gasteiger partial charge on any atom is -0.475 e. The standard InChI is InChI=1S/C23H34N4O2/c1-3-27-17-20(19(2)25-27)16-26-12-10-23(11-13-26)9-5-7-21-6-4-8-22(24-21)29-15-14-28-18-23/h4,6,8,17H,3,5,7,9-16,18H2,1-2H3. The van der Waals surface area contributed by atoms with Crippen molar-refractivity contribution in [2.24, 2.45) is 5.41 Å². The van der Waals surface area contributed by atoms with Crippen LogP contribution in [-0.4, -0.2) is 52.6 Å². The maximum absolute atomic E-state index is 6.08. The van der Waals surface area contributed by atoms with Gasteiger partial charge in [-0.3, -0.25) is 9.58 Å². The van der Waals surface area contributed by atoms with E-state index in [0.717, 1.165) is 62.9 Å². The van der Waals surface area contributed by atoms with Crippen molar-refractivity contribution in [3.05, 3.63) is 41.3 Å². The fraction of sp³-hybridized carbons (Fsp3) is 0.652. The van der Waals surface area contributed by atoms with Crippen molar-refractivity contribution in [3.63, 3.8) is 0 Å². The Balaban J connectivity index is 1.36. The summed E-state index contributed by atoms with van der Waals surface area (Å²) in [4.78, 5) is 7.20. The van der Waals surface area contributed by atoms with E-state index in [-0.39, 0.29) is 5.41 Å². The number of nitrogens with zero attached hydrogens (tertiary/aromatic N) is 4. The van der Waals surface area contributed by atoms with Crippen LogP contribution in [0.5, 0.6) is 5.88 Å². The monoisotopic (exact) mass is 398 g/mol. The molecule has 0 unspecified atom stereocenters. The molecule has 2 aromatic heterocycles. The number of hydrogen-bond donors (Lipinski definition) is 0. The first kappa shape index (κ1) is 20.4. The summed E-state index contributed by atoms with van der Waals surface area (Å²) in [6.07, 6.45) is 7.98. The lowest BCUT2D eigenvalue weighted by molar-refractivity contribution is -0.0159. The SMILES string of the molecule is CCn1cc(CN2CCC3(CCCc4cccc(n4)OCCOC3)CC2)c(C)n1. The van der Waals surface area contributed by atoms with Gasteiger partial charge in [0.05, 0.1) is 18.9 Å². The summed E-state index contributed by atoms with van der Waals surface area (Å²) in [5.41, 5.74) is 3.95. The zero-order valence-corrected chi connectivity index (χ0v) is 17.9. The molecule has 1 fully saturated rings. The summed E-state index contributed by atoms with van der Waals surface area (Å²) in [6, 6.07) is 6.09. The first-order valence-corrected chi connectivity index (χ1v) is 11.1. The van der Waals surface area contributed by atoms with Gasteiger partial charge in [0.1, 0.15) is 6.61 Å². The number of piperidine rings is 1. The van der Waals surface area contributed by atoms with Gasteiger partial charge in [-0.15, -0.1) is 0 Å². The van der Waals surface area contributed by atoms with Gasteiger partial charge >= 0.3 is 0 Å². The quantitative estimate of drug-likeness (QED) is 0.790. The molecule has 4 heterocycles. The van der Waals surface area contributed by atoms with Crippen LogP contribution >= 0.6 is 0 Å². The van der Waals surface area contributed by atoms with Gasteiger partial charge in [0.25, 0.3) is 0 Å². The number of likely N-dealkylation sites (tertiary alicyclic amines) is 1. The van der Waals surface area contributed by atoms with E-state index in [0.29, 0.717) is 13.2 Å². The van der Waals surface area contributed by atoms with Crippen LogP contribution in [0.4, 0.5) is 0 Å². The normalized spacial score (nSPS) is 20.6. The Kier molecular flexibility index (Phi) is 6.50. The maximum atomic E-state index is 6.08. The molecule has 0 aromatic carbocycles. The van der Waals surface area contributed by atoms with Crippen LogP contribution in [0.3, 0.4) is 0 Å². The van der Waals surface area contributed by atoms with Crippen molar-refractivity contribution in [2.45, 2.75) is 59.0 Å². The molecular formula is C23H34N4O2. The number of aromatic nitrogens is 3. The summed E-state index contributed by atoms with van der Waals surface area (Å²) in [5, 5.41) is 4.60. The van der Waals surface area contributed by atoms with Gasteiger partial charge in [0.2, 0.25) is 5.88 Å². The Labute approximate surface area is 174 Å². The Hall–Kier alpha value is -1.92. The highest BCUT2D eigenvalue weighted by atomic mass is 16.5. The molecule has 0 amide bonds. The Morgan fingerprint density at radius 1 is 1.14 bits per heavy atom. The molecule has 29 heavy (non-hydrogen) atoms.